The Morgan fingerprint density at radius 2 is 1.89 bits per heavy atom. The summed E-state index contributed by atoms with van der Waals surface area (Å²) in [6.07, 6.45) is 7.67. The normalized spacial score (nSPS) is 15.2. The number of benzene rings is 2. The SMILES string of the molecule is CCn1ccc(Cc2cccc3c(Oc4ncccc4-c4ccnc(N[C@H]5CCCN(C(=O)OC(C)(C)C)C5)n4)c(C)ccc23)n1. The number of piperidine rings is 1. The highest BCUT2D eigenvalue weighted by atomic mass is 16.6. The third-order valence-electron chi connectivity index (χ3n) is 8.00. The number of amides is 1. The number of nitrogens with zero attached hydrogens (tertiary/aromatic N) is 6. The Morgan fingerprint density at radius 1 is 1.02 bits per heavy atom. The number of hydrogen-bond acceptors (Lipinski definition) is 8. The van der Waals surface area contributed by atoms with E-state index in [1.54, 1.807) is 17.3 Å². The monoisotopic (exact) mass is 619 g/mol. The van der Waals surface area contributed by atoms with Gasteiger partial charge in [-0.1, -0.05) is 30.3 Å². The van der Waals surface area contributed by atoms with Gasteiger partial charge < -0.3 is 19.7 Å². The standard InChI is InChI=1S/C36H41N7O3/c1-6-43-21-17-26(41-43)22-25-10-7-12-29-28(25)15-14-24(2)32(29)45-33-30(13-8-18-37-33)31-16-19-38-34(40-31)39-27-11-9-20-42(23-27)35(44)46-36(3,4)5/h7-8,10,12-19,21,27H,6,9,11,20,22-23H2,1-5H3,(H,38,39,40)/t27-/m0/s1. The van der Waals surface area contributed by atoms with Crippen LogP contribution in [0.5, 0.6) is 11.6 Å². The van der Waals surface area contributed by atoms with Crippen LogP contribution in [0, 0.1) is 6.92 Å². The molecule has 1 aliphatic rings. The summed E-state index contributed by atoms with van der Waals surface area (Å²) in [5.41, 5.74) is 4.13. The molecule has 2 aromatic carbocycles. The van der Waals surface area contributed by atoms with E-state index in [1.165, 1.54) is 5.56 Å². The molecule has 0 spiro atoms. The van der Waals surface area contributed by atoms with Crippen molar-refractivity contribution in [1.29, 1.82) is 0 Å². The third-order valence-corrected chi connectivity index (χ3v) is 8.00. The van der Waals surface area contributed by atoms with E-state index >= 15 is 0 Å². The molecule has 0 saturated carbocycles. The lowest BCUT2D eigenvalue weighted by Crippen LogP contribution is -2.47. The molecule has 0 aliphatic carbocycles. The fourth-order valence-electron chi connectivity index (χ4n) is 5.78. The summed E-state index contributed by atoms with van der Waals surface area (Å²) in [5, 5.41) is 10.3. The molecule has 10 nitrogen and oxygen atoms in total. The molecule has 1 aliphatic heterocycles. The number of carbonyl (C=O) groups excluding carboxylic acids is 1. The van der Waals surface area contributed by atoms with Crippen LogP contribution in [0.1, 0.15) is 57.4 Å². The Morgan fingerprint density at radius 3 is 2.70 bits per heavy atom. The fourth-order valence-corrected chi connectivity index (χ4v) is 5.78. The highest BCUT2D eigenvalue weighted by molar-refractivity contribution is 5.92. The molecule has 1 N–H and O–H groups in total. The second-order valence-electron chi connectivity index (χ2n) is 12.7. The zero-order valence-corrected chi connectivity index (χ0v) is 27.2. The van der Waals surface area contributed by atoms with Crippen molar-refractivity contribution in [2.75, 3.05) is 18.4 Å². The van der Waals surface area contributed by atoms with Gasteiger partial charge in [0.2, 0.25) is 11.8 Å². The average Bonchev–Trinajstić information content (AvgIpc) is 3.50. The van der Waals surface area contributed by atoms with Crippen molar-refractivity contribution in [3.63, 3.8) is 0 Å². The number of ether oxygens (including phenoxy) is 2. The van der Waals surface area contributed by atoms with E-state index in [1.807, 2.05) is 56.8 Å². The molecule has 0 radical (unpaired) electrons. The van der Waals surface area contributed by atoms with Gasteiger partial charge in [-0.05, 0) is 88.2 Å². The largest absolute Gasteiger partial charge is 0.444 e. The molecule has 0 unspecified atom stereocenters. The van der Waals surface area contributed by atoms with Crippen LogP contribution in [0.4, 0.5) is 10.7 Å². The Kier molecular flexibility index (Phi) is 8.87. The number of aryl methyl sites for hydroxylation is 2. The van der Waals surface area contributed by atoms with Crippen LogP contribution in [0.2, 0.25) is 0 Å². The maximum absolute atomic E-state index is 12.7. The van der Waals surface area contributed by atoms with E-state index in [-0.39, 0.29) is 12.1 Å². The minimum Gasteiger partial charge on any atom is -0.444 e. The molecule has 5 aromatic rings. The van der Waals surface area contributed by atoms with E-state index < -0.39 is 5.60 Å². The van der Waals surface area contributed by atoms with Crippen molar-refractivity contribution in [2.24, 2.45) is 0 Å². The second kappa shape index (κ2) is 13.2. The van der Waals surface area contributed by atoms with Gasteiger partial charge in [0.15, 0.2) is 0 Å². The smallest absolute Gasteiger partial charge is 0.410 e. The number of carbonyl (C=O) groups is 1. The molecule has 1 amide bonds. The van der Waals surface area contributed by atoms with Crippen LogP contribution in [0.15, 0.2) is 73.2 Å². The van der Waals surface area contributed by atoms with Crippen LogP contribution in [0.25, 0.3) is 22.0 Å². The highest BCUT2D eigenvalue weighted by Gasteiger charge is 2.28. The topological polar surface area (TPSA) is 107 Å². The molecule has 1 atom stereocenters. The zero-order chi connectivity index (χ0) is 32.3. The first-order valence-corrected chi connectivity index (χ1v) is 15.9. The van der Waals surface area contributed by atoms with Gasteiger partial charge in [-0.3, -0.25) is 4.68 Å². The van der Waals surface area contributed by atoms with Crippen LogP contribution < -0.4 is 10.1 Å². The first kappa shape index (κ1) is 31.0. The lowest BCUT2D eigenvalue weighted by atomic mass is 9.98. The predicted molar refractivity (Wildman–Crippen MR) is 179 cm³/mol. The van der Waals surface area contributed by atoms with Gasteiger partial charge in [-0.25, -0.2) is 19.7 Å². The average molecular weight is 620 g/mol. The predicted octanol–water partition coefficient (Wildman–Crippen LogP) is 7.41. The number of likely N-dealkylation sites (tertiary alicyclic amines) is 1. The molecular formula is C36H41N7O3. The maximum atomic E-state index is 12.7. The molecule has 46 heavy (non-hydrogen) atoms. The summed E-state index contributed by atoms with van der Waals surface area (Å²) in [5.74, 6) is 1.71. The minimum atomic E-state index is -0.537. The molecule has 1 fully saturated rings. The van der Waals surface area contributed by atoms with Gasteiger partial charge in [0.25, 0.3) is 0 Å². The minimum absolute atomic E-state index is 0.00407. The summed E-state index contributed by atoms with van der Waals surface area (Å²) in [6.45, 7) is 11.8. The van der Waals surface area contributed by atoms with E-state index in [9.17, 15) is 4.79 Å². The van der Waals surface area contributed by atoms with E-state index in [0.29, 0.717) is 30.6 Å². The highest BCUT2D eigenvalue weighted by Crippen LogP contribution is 2.38. The quantitative estimate of drug-likeness (QED) is 0.191. The molecule has 4 heterocycles. The van der Waals surface area contributed by atoms with Crippen molar-refractivity contribution in [3.8, 4) is 22.9 Å². The van der Waals surface area contributed by atoms with Crippen molar-refractivity contribution in [3.05, 3.63) is 90.0 Å². The molecule has 10 heteroatoms. The van der Waals surface area contributed by atoms with Gasteiger partial charge in [0.05, 0.1) is 17.0 Å². The number of aromatic nitrogens is 5. The van der Waals surface area contributed by atoms with Crippen molar-refractivity contribution in [2.45, 2.75) is 72.1 Å². The van der Waals surface area contributed by atoms with E-state index in [4.69, 9.17) is 14.5 Å². The first-order chi connectivity index (χ1) is 22.2. The van der Waals surface area contributed by atoms with Gasteiger partial charge in [-0.15, -0.1) is 0 Å². The summed E-state index contributed by atoms with van der Waals surface area (Å²) >= 11 is 0. The van der Waals surface area contributed by atoms with Gasteiger partial charge in [0.1, 0.15) is 11.4 Å². The van der Waals surface area contributed by atoms with Crippen LogP contribution in [0.3, 0.4) is 0 Å². The van der Waals surface area contributed by atoms with Gasteiger partial charge in [-0.2, -0.15) is 5.10 Å². The second-order valence-corrected chi connectivity index (χ2v) is 12.7. The molecule has 3 aromatic heterocycles. The Bertz CT molecular complexity index is 1850. The summed E-state index contributed by atoms with van der Waals surface area (Å²) in [7, 11) is 0. The third kappa shape index (κ3) is 7.11. The Balaban J connectivity index is 1.24. The van der Waals surface area contributed by atoms with Gasteiger partial charge in [0, 0.05) is 56.1 Å². The van der Waals surface area contributed by atoms with Crippen LogP contribution in [-0.2, 0) is 17.7 Å². The number of hydrogen-bond donors (Lipinski definition) is 1. The first-order valence-electron chi connectivity index (χ1n) is 15.9. The Labute approximate surface area is 269 Å². The number of fused-ring (bicyclic) bond motifs is 1. The summed E-state index contributed by atoms with van der Waals surface area (Å²) in [6, 6.07) is 18.3. The Hall–Kier alpha value is -4.99. The van der Waals surface area contributed by atoms with E-state index in [2.05, 4.69) is 63.7 Å². The van der Waals surface area contributed by atoms with Crippen LogP contribution in [-0.4, -0.2) is 60.5 Å². The number of pyridine rings is 1. The van der Waals surface area contributed by atoms with E-state index in [0.717, 1.165) is 59.2 Å². The lowest BCUT2D eigenvalue weighted by Gasteiger charge is -2.34. The number of rotatable bonds is 8. The molecule has 0 bridgehead atoms. The molecule has 238 valence electrons. The van der Waals surface area contributed by atoms with Crippen molar-refractivity contribution in [1.82, 2.24) is 29.6 Å². The number of anilines is 1. The zero-order valence-electron chi connectivity index (χ0n) is 27.2. The lowest BCUT2D eigenvalue weighted by molar-refractivity contribution is 0.0206. The molecule has 6 rings (SSSR count). The molecule has 1 saturated heterocycles. The van der Waals surface area contributed by atoms with Crippen molar-refractivity contribution >= 4 is 22.8 Å². The fraction of sp³-hybridized carbons (Fsp3) is 0.361. The summed E-state index contributed by atoms with van der Waals surface area (Å²) < 4.78 is 14.2. The number of nitrogens with one attached hydrogen (secondary N) is 1. The maximum Gasteiger partial charge on any atom is 0.410 e. The molecular weight excluding hydrogens is 578 g/mol. The van der Waals surface area contributed by atoms with Crippen molar-refractivity contribution < 1.29 is 14.3 Å². The van der Waals surface area contributed by atoms with Gasteiger partial charge >= 0.3 is 6.09 Å². The summed E-state index contributed by atoms with van der Waals surface area (Å²) in [4.78, 5) is 28.4. The van der Waals surface area contributed by atoms with Crippen LogP contribution >= 0.6 is 0 Å².